The number of amides is 2. The van der Waals surface area contributed by atoms with Crippen molar-refractivity contribution in [1.82, 2.24) is 10.7 Å². The van der Waals surface area contributed by atoms with Gasteiger partial charge in [-0.3, -0.25) is 9.59 Å². The summed E-state index contributed by atoms with van der Waals surface area (Å²) in [6.45, 7) is 1.71. The lowest BCUT2D eigenvalue weighted by atomic mass is 10.1. The third kappa shape index (κ3) is 5.53. The molecule has 2 amide bonds. The second-order valence-electron chi connectivity index (χ2n) is 5.08. The van der Waals surface area contributed by atoms with E-state index in [1.165, 1.54) is 6.21 Å². The minimum atomic E-state index is -0.388. The van der Waals surface area contributed by atoms with Gasteiger partial charge in [0.15, 0.2) is 0 Å². The highest BCUT2D eigenvalue weighted by Gasteiger charge is 2.09. The zero-order chi connectivity index (χ0) is 17.2. The molecule has 0 atom stereocenters. The lowest BCUT2D eigenvalue weighted by Gasteiger charge is -2.06. The Hall–Kier alpha value is -3.21. The Balaban J connectivity index is 1.73. The maximum atomic E-state index is 12.0. The lowest BCUT2D eigenvalue weighted by molar-refractivity contribution is -0.120. The van der Waals surface area contributed by atoms with Gasteiger partial charge in [-0.2, -0.15) is 5.10 Å². The zero-order valence-corrected chi connectivity index (χ0v) is 13.4. The second-order valence-corrected chi connectivity index (χ2v) is 5.08. The summed E-state index contributed by atoms with van der Waals surface area (Å²) in [5.41, 5.74) is 4.81. The van der Waals surface area contributed by atoms with Gasteiger partial charge in [0, 0.05) is 11.8 Å². The normalized spacial score (nSPS) is 10.9. The zero-order valence-electron chi connectivity index (χ0n) is 13.4. The van der Waals surface area contributed by atoms with Crippen molar-refractivity contribution in [3.63, 3.8) is 0 Å². The number of benzene rings is 2. The molecule has 0 aliphatic rings. The molecule has 0 aromatic heterocycles. The molecular weight excluding hydrogens is 302 g/mol. The van der Waals surface area contributed by atoms with E-state index in [-0.39, 0.29) is 18.4 Å². The van der Waals surface area contributed by atoms with Gasteiger partial charge in [0.1, 0.15) is 0 Å². The molecule has 0 saturated heterocycles. The largest absolute Gasteiger partial charge is 0.343 e. The molecular formula is C19H19N3O2. The van der Waals surface area contributed by atoms with Gasteiger partial charge in [0.05, 0.1) is 6.54 Å². The predicted octanol–water partition coefficient (Wildman–Crippen LogP) is 2.54. The van der Waals surface area contributed by atoms with Crippen molar-refractivity contribution in [2.45, 2.75) is 6.92 Å². The fourth-order valence-electron chi connectivity index (χ4n) is 1.99. The summed E-state index contributed by atoms with van der Waals surface area (Å²) in [6, 6.07) is 17.0. The van der Waals surface area contributed by atoms with Gasteiger partial charge in [0.25, 0.3) is 11.8 Å². The molecule has 0 bridgehead atoms. The van der Waals surface area contributed by atoms with E-state index < -0.39 is 0 Å². The summed E-state index contributed by atoms with van der Waals surface area (Å²) < 4.78 is 0. The molecule has 2 N–H and O–H groups in total. The van der Waals surface area contributed by atoms with Crippen LogP contribution in [-0.4, -0.2) is 24.6 Å². The Morgan fingerprint density at radius 3 is 2.50 bits per heavy atom. The number of nitrogens with one attached hydrogen (secondary N) is 2. The van der Waals surface area contributed by atoms with Crippen LogP contribution in [0, 0.1) is 6.92 Å². The minimum absolute atomic E-state index is 0.132. The van der Waals surface area contributed by atoms with E-state index in [4.69, 9.17) is 0 Å². The van der Waals surface area contributed by atoms with Crippen LogP contribution < -0.4 is 10.7 Å². The molecule has 0 saturated carbocycles. The number of carbonyl (C=O) groups is 2. The topological polar surface area (TPSA) is 70.6 Å². The van der Waals surface area contributed by atoms with Gasteiger partial charge < -0.3 is 5.32 Å². The molecule has 0 radical (unpaired) electrons. The molecule has 2 aromatic rings. The number of hydrazone groups is 1. The van der Waals surface area contributed by atoms with Crippen LogP contribution in [-0.2, 0) is 4.79 Å². The highest BCUT2D eigenvalue weighted by Crippen LogP contribution is 2.06. The fourth-order valence-corrected chi connectivity index (χ4v) is 1.99. The van der Waals surface area contributed by atoms with Gasteiger partial charge >= 0.3 is 0 Å². The van der Waals surface area contributed by atoms with Gasteiger partial charge in [-0.05, 0) is 30.2 Å². The van der Waals surface area contributed by atoms with Gasteiger partial charge in [-0.1, -0.05) is 54.6 Å². The molecule has 5 nitrogen and oxygen atoms in total. The van der Waals surface area contributed by atoms with Crippen LogP contribution in [0.3, 0.4) is 0 Å². The number of rotatable bonds is 6. The highest BCUT2D eigenvalue weighted by molar-refractivity contribution is 5.97. The van der Waals surface area contributed by atoms with E-state index in [2.05, 4.69) is 15.8 Å². The molecule has 2 aromatic carbocycles. The second kappa shape index (κ2) is 9.05. The maximum absolute atomic E-state index is 12.0. The van der Waals surface area contributed by atoms with Crippen LogP contribution in [0.2, 0.25) is 0 Å². The smallest absolute Gasteiger partial charge is 0.259 e. The molecule has 0 aliphatic carbocycles. The van der Waals surface area contributed by atoms with E-state index in [1.807, 2.05) is 55.5 Å². The van der Waals surface area contributed by atoms with Crippen molar-refractivity contribution >= 4 is 24.1 Å². The average Bonchev–Trinajstić information content (AvgIpc) is 2.60. The van der Waals surface area contributed by atoms with Crippen molar-refractivity contribution < 1.29 is 9.59 Å². The molecule has 5 heteroatoms. The summed E-state index contributed by atoms with van der Waals surface area (Å²) in [5.74, 6) is -0.669. The van der Waals surface area contributed by atoms with Crippen LogP contribution in [0.25, 0.3) is 6.08 Å². The third-order valence-corrected chi connectivity index (χ3v) is 3.24. The van der Waals surface area contributed by atoms with Crippen molar-refractivity contribution in [3.05, 3.63) is 77.4 Å². The van der Waals surface area contributed by atoms with E-state index in [9.17, 15) is 9.59 Å². The van der Waals surface area contributed by atoms with Crippen LogP contribution in [0.4, 0.5) is 0 Å². The molecule has 0 unspecified atom stereocenters. The number of nitrogens with zero attached hydrogens (tertiary/aromatic N) is 1. The molecule has 0 aliphatic heterocycles. The van der Waals surface area contributed by atoms with Crippen LogP contribution in [0.15, 0.2) is 65.8 Å². The number of allylic oxidation sites excluding steroid dienone is 1. The summed E-state index contributed by atoms with van der Waals surface area (Å²) in [4.78, 5) is 23.6. The molecule has 0 spiro atoms. The highest BCUT2D eigenvalue weighted by atomic mass is 16.2. The molecule has 122 valence electrons. The summed E-state index contributed by atoms with van der Waals surface area (Å²) in [6.07, 6.45) is 5.07. The van der Waals surface area contributed by atoms with Crippen LogP contribution in [0.1, 0.15) is 21.5 Å². The first-order valence-electron chi connectivity index (χ1n) is 7.54. The quantitative estimate of drug-likeness (QED) is 0.634. The van der Waals surface area contributed by atoms with Crippen molar-refractivity contribution in [2.75, 3.05) is 6.54 Å². The summed E-state index contributed by atoms with van der Waals surface area (Å²) in [5, 5.41) is 6.36. The number of hydrogen-bond acceptors (Lipinski definition) is 3. The monoisotopic (exact) mass is 321 g/mol. The maximum Gasteiger partial charge on any atom is 0.259 e. The fraction of sp³-hybridized carbons (Fsp3) is 0.105. The Morgan fingerprint density at radius 1 is 1.04 bits per heavy atom. The van der Waals surface area contributed by atoms with E-state index in [0.717, 1.165) is 11.1 Å². The Labute approximate surface area is 141 Å². The Bertz CT molecular complexity index is 752. The van der Waals surface area contributed by atoms with Gasteiger partial charge in [-0.25, -0.2) is 5.43 Å². The third-order valence-electron chi connectivity index (χ3n) is 3.24. The SMILES string of the molecule is Cc1ccccc1C(=O)NCC(=O)N/N=C\C=C\c1ccccc1. The number of carbonyl (C=O) groups excluding carboxylic acids is 2. The van der Waals surface area contributed by atoms with E-state index in [0.29, 0.717) is 5.56 Å². The number of aryl methyl sites for hydroxylation is 1. The first-order valence-corrected chi connectivity index (χ1v) is 7.54. The van der Waals surface area contributed by atoms with E-state index >= 15 is 0 Å². The standard InChI is InChI=1S/C19H19N3O2/c1-15-8-5-6-12-17(15)19(24)20-14-18(23)22-21-13-7-11-16-9-3-2-4-10-16/h2-13H,14H2,1H3,(H,20,24)(H,22,23)/b11-7+,21-13-. The average molecular weight is 321 g/mol. The predicted molar refractivity (Wildman–Crippen MR) is 95.6 cm³/mol. The molecule has 24 heavy (non-hydrogen) atoms. The Morgan fingerprint density at radius 2 is 1.75 bits per heavy atom. The van der Waals surface area contributed by atoms with Crippen molar-refractivity contribution in [3.8, 4) is 0 Å². The van der Waals surface area contributed by atoms with Gasteiger partial charge in [0.2, 0.25) is 0 Å². The molecule has 0 heterocycles. The lowest BCUT2D eigenvalue weighted by Crippen LogP contribution is -2.35. The minimum Gasteiger partial charge on any atom is -0.343 e. The van der Waals surface area contributed by atoms with E-state index in [1.54, 1.807) is 18.2 Å². The van der Waals surface area contributed by atoms with Crippen LogP contribution in [0.5, 0.6) is 0 Å². The first-order chi connectivity index (χ1) is 11.7. The van der Waals surface area contributed by atoms with Crippen molar-refractivity contribution in [1.29, 1.82) is 0 Å². The van der Waals surface area contributed by atoms with Crippen LogP contribution >= 0.6 is 0 Å². The molecule has 2 rings (SSSR count). The Kier molecular flexibility index (Phi) is 6.46. The summed E-state index contributed by atoms with van der Waals surface area (Å²) >= 11 is 0. The first kappa shape index (κ1) is 17.1. The summed E-state index contributed by atoms with van der Waals surface area (Å²) in [7, 11) is 0. The van der Waals surface area contributed by atoms with Gasteiger partial charge in [-0.15, -0.1) is 0 Å². The molecule has 0 fully saturated rings. The number of hydrogen-bond donors (Lipinski definition) is 2. The van der Waals surface area contributed by atoms with Crippen molar-refractivity contribution in [2.24, 2.45) is 5.10 Å².